The second-order valence-electron chi connectivity index (χ2n) is 4.62. The summed E-state index contributed by atoms with van der Waals surface area (Å²) >= 11 is 0. The molecule has 0 radical (unpaired) electrons. The average molecular weight is 191 g/mol. The van der Waals surface area contributed by atoms with Gasteiger partial charge in [0.15, 0.2) is 0 Å². The van der Waals surface area contributed by atoms with Gasteiger partial charge in [0.05, 0.1) is 6.10 Å². The molecule has 0 aliphatic carbocycles. The highest BCUT2D eigenvalue weighted by Crippen LogP contribution is 2.31. The molecule has 1 aliphatic heterocycles. The number of nitrogens with one attached hydrogen (secondary N) is 1. The lowest BCUT2D eigenvalue weighted by molar-refractivity contribution is 0.178. The van der Waals surface area contributed by atoms with Gasteiger partial charge in [-0.15, -0.1) is 0 Å². The van der Waals surface area contributed by atoms with E-state index >= 15 is 0 Å². The Morgan fingerprint density at radius 1 is 1.36 bits per heavy atom. The summed E-state index contributed by atoms with van der Waals surface area (Å²) < 4.78 is 0. The first kappa shape index (κ1) is 9.69. The first-order valence-electron chi connectivity index (χ1n) is 5.09. The van der Waals surface area contributed by atoms with Crippen LogP contribution in [0.15, 0.2) is 24.3 Å². The maximum absolute atomic E-state index is 9.91. The molecule has 0 aromatic heterocycles. The van der Waals surface area contributed by atoms with Crippen LogP contribution in [0.4, 0.5) is 0 Å². The van der Waals surface area contributed by atoms with Crippen molar-refractivity contribution in [1.29, 1.82) is 0 Å². The largest absolute Gasteiger partial charge is 0.387 e. The third-order valence-electron chi connectivity index (χ3n) is 2.95. The van der Waals surface area contributed by atoms with Gasteiger partial charge in [-0.1, -0.05) is 38.1 Å². The van der Waals surface area contributed by atoms with Crippen molar-refractivity contribution in [3.8, 4) is 0 Å². The summed E-state index contributed by atoms with van der Waals surface area (Å²) in [5.74, 6) is 0. The van der Waals surface area contributed by atoms with Gasteiger partial charge in [0, 0.05) is 18.5 Å². The predicted molar refractivity (Wildman–Crippen MR) is 57.3 cm³/mol. The van der Waals surface area contributed by atoms with Crippen molar-refractivity contribution < 1.29 is 5.11 Å². The molecule has 2 rings (SSSR count). The Bertz CT molecular complexity index is 333. The fourth-order valence-corrected chi connectivity index (χ4v) is 2.13. The Hall–Kier alpha value is -0.860. The fraction of sp³-hybridized carbons (Fsp3) is 0.500. The number of aliphatic hydroxyl groups excluding tert-OH is 1. The van der Waals surface area contributed by atoms with E-state index in [0.717, 1.165) is 12.1 Å². The van der Waals surface area contributed by atoms with Gasteiger partial charge in [-0.3, -0.25) is 0 Å². The number of aliphatic hydroxyl groups is 1. The van der Waals surface area contributed by atoms with Gasteiger partial charge < -0.3 is 10.4 Å². The smallest absolute Gasteiger partial charge is 0.0917 e. The zero-order valence-electron chi connectivity index (χ0n) is 8.75. The second-order valence-corrected chi connectivity index (χ2v) is 4.62. The normalized spacial score (nSPS) is 25.2. The van der Waals surface area contributed by atoms with Crippen LogP contribution in [-0.2, 0) is 5.41 Å². The lowest BCUT2D eigenvalue weighted by Crippen LogP contribution is -2.31. The molecular formula is C12H17NO. The quantitative estimate of drug-likeness (QED) is 0.653. The van der Waals surface area contributed by atoms with Crippen LogP contribution in [0.5, 0.6) is 0 Å². The van der Waals surface area contributed by atoms with Gasteiger partial charge in [-0.2, -0.15) is 0 Å². The molecule has 2 heteroatoms. The maximum Gasteiger partial charge on any atom is 0.0917 e. The number of benzene rings is 1. The van der Waals surface area contributed by atoms with Crippen LogP contribution in [0.3, 0.4) is 0 Å². The van der Waals surface area contributed by atoms with Crippen LogP contribution >= 0.6 is 0 Å². The van der Waals surface area contributed by atoms with Crippen molar-refractivity contribution in [2.45, 2.75) is 25.4 Å². The summed E-state index contributed by atoms with van der Waals surface area (Å²) in [4.78, 5) is 0. The SMILES string of the molecule is CC1(C)CNCC(O)c2ccccc21. The van der Waals surface area contributed by atoms with Crippen LogP contribution in [0, 0.1) is 0 Å². The average Bonchev–Trinajstić information content (AvgIpc) is 2.27. The molecule has 1 atom stereocenters. The van der Waals surface area contributed by atoms with Crippen molar-refractivity contribution in [2.24, 2.45) is 0 Å². The van der Waals surface area contributed by atoms with Crippen LogP contribution in [0.1, 0.15) is 31.1 Å². The molecule has 1 aromatic rings. The molecule has 76 valence electrons. The topological polar surface area (TPSA) is 32.3 Å². The monoisotopic (exact) mass is 191 g/mol. The summed E-state index contributed by atoms with van der Waals surface area (Å²) in [5.41, 5.74) is 2.44. The first-order chi connectivity index (χ1) is 6.61. The number of β-amino-alcohol motifs (C(OH)–C–C–N with tert-alkyl or cyclic N) is 1. The number of rotatable bonds is 0. The Balaban J connectivity index is 2.53. The van der Waals surface area contributed by atoms with Crippen molar-refractivity contribution in [2.75, 3.05) is 13.1 Å². The highest BCUT2D eigenvalue weighted by Gasteiger charge is 2.28. The van der Waals surface area contributed by atoms with E-state index in [1.54, 1.807) is 0 Å². The van der Waals surface area contributed by atoms with Gasteiger partial charge in [0.25, 0.3) is 0 Å². The zero-order chi connectivity index (χ0) is 10.2. The highest BCUT2D eigenvalue weighted by molar-refractivity contribution is 5.36. The van der Waals surface area contributed by atoms with Crippen LogP contribution in [-0.4, -0.2) is 18.2 Å². The minimum Gasteiger partial charge on any atom is -0.387 e. The molecular weight excluding hydrogens is 174 g/mol. The molecule has 0 saturated carbocycles. The van der Waals surface area contributed by atoms with Gasteiger partial charge in [0.2, 0.25) is 0 Å². The Morgan fingerprint density at radius 2 is 2.07 bits per heavy atom. The molecule has 1 aromatic carbocycles. The Morgan fingerprint density at radius 3 is 2.86 bits per heavy atom. The van der Waals surface area contributed by atoms with Crippen LogP contribution in [0.25, 0.3) is 0 Å². The molecule has 1 aliphatic rings. The van der Waals surface area contributed by atoms with E-state index in [-0.39, 0.29) is 11.5 Å². The molecule has 14 heavy (non-hydrogen) atoms. The summed E-state index contributed by atoms with van der Waals surface area (Å²) in [6.07, 6.45) is -0.368. The molecule has 0 amide bonds. The molecule has 2 N–H and O–H groups in total. The summed E-state index contributed by atoms with van der Waals surface area (Å²) in [7, 11) is 0. The van der Waals surface area contributed by atoms with E-state index in [1.807, 2.05) is 18.2 Å². The first-order valence-corrected chi connectivity index (χ1v) is 5.09. The van der Waals surface area contributed by atoms with Gasteiger partial charge >= 0.3 is 0 Å². The molecule has 0 bridgehead atoms. The van der Waals surface area contributed by atoms with Gasteiger partial charge in [-0.25, -0.2) is 0 Å². The Kier molecular flexibility index (Phi) is 2.33. The van der Waals surface area contributed by atoms with Crippen molar-refractivity contribution in [3.63, 3.8) is 0 Å². The minimum atomic E-state index is -0.368. The molecule has 0 spiro atoms. The Labute approximate surface area is 85.0 Å². The molecule has 1 unspecified atom stereocenters. The van der Waals surface area contributed by atoms with Gasteiger partial charge in [-0.05, 0) is 11.1 Å². The minimum absolute atomic E-state index is 0.105. The van der Waals surface area contributed by atoms with Crippen LogP contribution < -0.4 is 5.32 Å². The summed E-state index contributed by atoms with van der Waals surface area (Å²) in [6, 6.07) is 8.17. The van der Waals surface area contributed by atoms with Crippen molar-refractivity contribution >= 4 is 0 Å². The van der Waals surface area contributed by atoms with E-state index in [2.05, 4.69) is 25.2 Å². The summed E-state index contributed by atoms with van der Waals surface area (Å²) in [6.45, 7) is 5.98. The van der Waals surface area contributed by atoms with E-state index in [1.165, 1.54) is 5.56 Å². The standard InChI is InChI=1S/C12H17NO/c1-12(2)8-13-7-11(14)9-5-3-4-6-10(9)12/h3-6,11,13-14H,7-8H2,1-2H3. The predicted octanol–water partition coefficient (Wildman–Crippen LogP) is 1.60. The molecule has 1 heterocycles. The third kappa shape index (κ3) is 1.56. The lowest BCUT2D eigenvalue weighted by Gasteiger charge is -2.25. The molecule has 0 fully saturated rings. The number of hydrogen-bond acceptors (Lipinski definition) is 2. The van der Waals surface area contributed by atoms with Crippen molar-refractivity contribution in [1.82, 2.24) is 5.32 Å². The molecule has 0 saturated heterocycles. The fourth-order valence-electron chi connectivity index (χ4n) is 2.13. The lowest BCUT2D eigenvalue weighted by atomic mass is 9.82. The number of fused-ring (bicyclic) bond motifs is 1. The summed E-state index contributed by atoms with van der Waals surface area (Å²) in [5, 5.41) is 13.2. The third-order valence-corrected chi connectivity index (χ3v) is 2.95. The maximum atomic E-state index is 9.91. The van der Waals surface area contributed by atoms with E-state index < -0.39 is 0 Å². The van der Waals surface area contributed by atoms with Gasteiger partial charge in [0.1, 0.15) is 0 Å². The zero-order valence-corrected chi connectivity index (χ0v) is 8.75. The van der Waals surface area contributed by atoms with E-state index in [9.17, 15) is 5.11 Å². The highest BCUT2D eigenvalue weighted by atomic mass is 16.3. The second kappa shape index (κ2) is 3.37. The van der Waals surface area contributed by atoms with Crippen LogP contribution in [0.2, 0.25) is 0 Å². The molecule has 2 nitrogen and oxygen atoms in total. The van der Waals surface area contributed by atoms with Crippen molar-refractivity contribution in [3.05, 3.63) is 35.4 Å². The number of hydrogen-bond donors (Lipinski definition) is 2. The van der Waals surface area contributed by atoms with E-state index in [4.69, 9.17) is 0 Å². The van der Waals surface area contributed by atoms with E-state index in [0.29, 0.717) is 6.54 Å².